The van der Waals surface area contributed by atoms with Crippen LogP contribution in [-0.4, -0.2) is 42.0 Å². The van der Waals surface area contributed by atoms with Gasteiger partial charge in [-0.05, 0) is 67.3 Å². The summed E-state index contributed by atoms with van der Waals surface area (Å²) in [6.07, 6.45) is 2.70. The maximum atomic E-state index is 13.1. The Bertz CT molecular complexity index is 1570. The van der Waals surface area contributed by atoms with Crippen molar-refractivity contribution < 1.29 is 24.2 Å². The molecule has 4 aromatic rings. The number of nitrogens with one attached hydrogen (secondary N) is 1. The van der Waals surface area contributed by atoms with Gasteiger partial charge in [0.25, 0.3) is 0 Å². The number of carboxylic acids is 1. The first-order chi connectivity index (χ1) is 20.9. The van der Waals surface area contributed by atoms with Crippen molar-refractivity contribution in [3.63, 3.8) is 0 Å². The molecule has 0 spiro atoms. The SMILES string of the molecule is O=C(c1ccccc1)c1ccccc1NC(Cc1ccc(OCCCN(C(=O)C2CC2)c2cccc(Cl)c2)cc1)C(=O)O. The Morgan fingerprint density at radius 3 is 2.33 bits per heavy atom. The number of ether oxygens (including phenoxy) is 1. The molecular formula is C35H33ClN2O5. The van der Waals surface area contributed by atoms with E-state index in [0.717, 1.165) is 24.1 Å². The third kappa shape index (κ3) is 8.02. The number of hydrogen-bond acceptors (Lipinski definition) is 5. The molecular weight excluding hydrogens is 564 g/mol. The van der Waals surface area contributed by atoms with E-state index in [1.54, 1.807) is 65.6 Å². The van der Waals surface area contributed by atoms with Crippen molar-refractivity contribution in [1.82, 2.24) is 0 Å². The lowest BCUT2D eigenvalue weighted by Gasteiger charge is -2.23. The van der Waals surface area contributed by atoms with Crippen molar-refractivity contribution in [1.29, 1.82) is 0 Å². The lowest BCUT2D eigenvalue weighted by molar-refractivity contribution is -0.137. The van der Waals surface area contributed by atoms with E-state index in [1.807, 2.05) is 42.5 Å². The predicted octanol–water partition coefficient (Wildman–Crippen LogP) is 6.89. The molecule has 1 atom stereocenters. The van der Waals surface area contributed by atoms with Crippen LogP contribution in [0.2, 0.25) is 5.02 Å². The number of anilines is 2. The Kier molecular flexibility index (Phi) is 9.74. The van der Waals surface area contributed by atoms with Crippen LogP contribution in [-0.2, 0) is 16.0 Å². The smallest absolute Gasteiger partial charge is 0.326 e. The normalized spacial score (nSPS) is 13.1. The largest absolute Gasteiger partial charge is 0.494 e. The van der Waals surface area contributed by atoms with Crippen LogP contribution in [0.4, 0.5) is 11.4 Å². The van der Waals surface area contributed by atoms with Crippen LogP contribution < -0.4 is 15.0 Å². The molecule has 4 aromatic carbocycles. The zero-order chi connectivity index (χ0) is 30.2. The molecule has 8 heteroatoms. The average molecular weight is 597 g/mol. The van der Waals surface area contributed by atoms with E-state index in [2.05, 4.69) is 5.32 Å². The maximum absolute atomic E-state index is 13.1. The average Bonchev–Trinajstić information content (AvgIpc) is 3.87. The number of benzene rings is 4. The molecule has 1 fully saturated rings. The van der Waals surface area contributed by atoms with Crippen molar-refractivity contribution in [2.24, 2.45) is 5.92 Å². The molecule has 43 heavy (non-hydrogen) atoms. The highest BCUT2D eigenvalue weighted by Crippen LogP contribution is 2.33. The van der Waals surface area contributed by atoms with Crippen molar-refractivity contribution in [2.45, 2.75) is 31.7 Å². The fourth-order valence-corrected chi connectivity index (χ4v) is 5.06. The maximum Gasteiger partial charge on any atom is 0.326 e. The van der Waals surface area contributed by atoms with Crippen LogP contribution in [0, 0.1) is 5.92 Å². The van der Waals surface area contributed by atoms with E-state index >= 15 is 0 Å². The van der Waals surface area contributed by atoms with E-state index in [9.17, 15) is 19.5 Å². The number of amides is 1. The molecule has 5 rings (SSSR count). The Balaban J connectivity index is 1.17. The Morgan fingerprint density at radius 2 is 1.63 bits per heavy atom. The summed E-state index contributed by atoms with van der Waals surface area (Å²) in [4.78, 5) is 39.9. The van der Waals surface area contributed by atoms with Gasteiger partial charge in [-0.1, -0.05) is 72.3 Å². The molecule has 1 aliphatic rings. The van der Waals surface area contributed by atoms with Gasteiger partial charge in [0.1, 0.15) is 11.8 Å². The van der Waals surface area contributed by atoms with Gasteiger partial charge in [-0.15, -0.1) is 0 Å². The topological polar surface area (TPSA) is 95.9 Å². The second-order valence-electron chi connectivity index (χ2n) is 10.6. The molecule has 0 saturated heterocycles. The van der Waals surface area contributed by atoms with Crippen LogP contribution in [0.15, 0.2) is 103 Å². The van der Waals surface area contributed by atoms with Crippen molar-refractivity contribution >= 4 is 40.6 Å². The lowest BCUT2D eigenvalue weighted by Crippen LogP contribution is -2.33. The quantitative estimate of drug-likeness (QED) is 0.122. The molecule has 0 aliphatic heterocycles. The summed E-state index contributed by atoms with van der Waals surface area (Å²) in [5, 5.41) is 13.6. The van der Waals surface area contributed by atoms with Gasteiger partial charge in [-0.25, -0.2) is 4.79 Å². The molecule has 7 nitrogen and oxygen atoms in total. The van der Waals surface area contributed by atoms with Gasteiger partial charge in [-0.2, -0.15) is 0 Å². The number of carbonyl (C=O) groups excluding carboxylic acids is 2. The predicted molar refractivity (Wildman–Crippen MR) is 168 cm³/mol. The van der Waals surface area contributed by atoms with Crippen LogP contribution >= 0.6 is 11.6 Å². The number of nitrogens with zero attached hydrogens (tertiary/aromatic N) is 1. The number of halogens is 1. The highest BCUT2D eigenvalue weighted by Gasteiger charge is 2.34. The van der Waals surface area contributed by atoms with Crippen LogP contribution in [0.1, 0.15) is 40.7 Å². The molecule has 1 unspecified atom stereocenters. The molecule has 0 heterocycles. The van der Waals surface area contributed by atoms with Gasteiger partial charge in [-0.3, -0.25) is 9.59 Å². The molecule has 1 aliphatic carbocycles. The Labute approximate surface area is 256 Å². The fourth-order valence-electron chi connectivity index (χ4n) is 4.87. The standard InChI is InChI=1S/C35H33ClN2O5/c36-27-10-6-11-28(23-27)38(34(40)26-16-17-26)20-7-21-43-29-18-14-24(15-19-29)22-32(35(41)42)37-31-13-5-4-12-30(31)33(39)25-8-2-1-3-9-25/h1-6,8-15,18-19,23,26,32,37H,7,16-17,20-22H2,(H,41,42). The second kappa shape index (κ2) is 14.0. The third-order valence-corrected chi connectivity index (χ3v) is 7.54. The summed E-state index contributed by atoms with van der Waals surface area (Å²) < 4.78 is 5.93. The Morgan fingerprint density at radius 1 is 0.907 bits per heavy atom. The highest BCUT2D eigenvalue weighted by atomic mass is 35.5. The van der Waals surface area contributed by atoms with E-state index < -0.39 is 12.0 Å². The van der Waals surface area contributed by atoms with Crippen LogP contribution in [0.5, 0.6) is 5.75 Å². The van der Waals surface area contributed by atoms with E-state index in [1.165, 1.54) is 0 Å². The van der Waals surface area contributed by atoms with Gasteiger partial charge in [0.05, 0.1) is 6.61 Å². The van der Waals surface area contributed by atoms with Gasteiger partial charge in [0.2, 0.25) is 5.91 Å². The summed E-state index contributed by atoms with van der Waals surface area (Å²) in [6.45, 7) is 0.938. The minimum atomic E-state index is -1.02. The first-order valence-corrected chi connectivity index (χ1v) is 14.7. The third-order valence-electron chi connectivity index (χ3n) is 7.31. The minimum absolute atomic E-state index is 0.0920. The summed E-state index contributed by atoms with van der Waals surface area (Å²) in [5.41, 5.74) is 3.02. The summed E-state index contributed by atoms with van der Waals surface area (Å²) in [5.74, 6) is -0.325. The number of aliphatic carboxylic acids is 1. The summed E-state index contributed by atoms with van der Waals surface area (Å²) in [6, 6.07) is 29.5. The zero-order valence-corrected chi connectivity index (χ0v) is 24.4. The number of rotatable bonds is 14. The summed E-state index contributed by atoms with van der Waals surface area (Å²) in [7, 11) is 0. The number of hydrogen-bond donors (Lipinski definition) is 2. The molecule has 220 valence electrons. The number of para-hydroxylation sites is 1. The van der Waals surface area contributed by atoms with Gasteiger partial charge >= 0.3 is 5.97 Å². The van der Waals surface area contributed by atoms with Crippen molar-refractivity contribution in [3.8, 4) is 5.75 Å². The minimum Gasteiger partial charge on any atom is -0.494 e. The van der Waals surface area contributed by atoms with E-state index in [4.69, 9.17) is 16.3 Å². The monoisotopic (exact) mass is 596 g/mol. The van der Waals surface area contributed by atoms with Gasteiger partial charge < -0.3 is 20.1 Å². The van der Waals surface area contributed by atoms with Crippen molar-refractivity contribution in [3.05, 3.63) is 125 Å². The Hall–Kier alpha value is -4.62. The highest BCUT2D eigenvalue weighted by molar-refractivity contribution is 6.31. The van der Waals surface area contributed by atoms with Gasteiger partial charge in [0, 0.05) is 46.4 Å². The van der Waals surface area contributed by atoms with Crippen LogP contribution in [0.3, 0.4) is 0 Å². The number of ketones is 1. The van der Waals surface area contributed by atoms with E-state index in [-0.39, 0.29) is 24.0 Å². The van der Waals surface area contributed by atoms with Gasteiger partial charge in [0.15, 0.2) is 5.78 Å². The first kappa shape index (κ1) is 29.9. The molecule has 1 amide bonds. The molecule has 0 bridgehead atoms. The zero-order valence-electron chi connectivity index (χ0n) is 23.6. The molecule has 2 N–H and O–H groups in total. The molecule has 0 radical (unpaired) electrons. The molecule has 0 aromatic heterocycles. The summed E-state index contributed by atoms with van der Waals surface area (Å²) >= 11 is 6.16. The second-order valence-corrected chi connectivity index (χ2v) is 11.0. The van der Waals surface area contributed by atoms with Crippen molar-refractivity contribution in [2.75, 3.05) is 23.4 Å². The van der Waals surface area contributed by atoms with E-state index in [0.29, 0.717) is 47.2 Å². The first-order valence-electron chi connectivity index (χ1n) is 14.4. The number of carbonyl (C=O) groups is 3. The number of carboxylic acid groups (broad SMARTS) is 1. The lowest BCUT2D eigenvalue weighted by atomic mass is 10.00. The van der Waals surface area contributed by atoms with Crippen LogP contribution in [0.25, 0.3) is 0 Å². The molecule has 1 saturated carbocycles. The fraction of sp³-hybridized carbons (Fsp3) is 0.229.